The molecule has 1 aromatic carbocycles. The van der Waals surface area contributed by atoms with Crippen molar-refractivity contribution in [2.75, 3.05) is 11.1 Å². The van der Waals surface area contributed by atoms with Crippen LogP contribution in [0.1, 0.15) is 32.0 Å². The Morgan fingerprint density at radius 2 is 1.96 bits per heavy atom. The number of nitrogens with two attached hydrogens (primary N) is 1. The summed E-state index contributed by atoms with van der Waals surface area (Å²) in [7, 11) is 0. The van der Waals surface area contributed by atoms with E-state index in [1.54, 1.807) is 30.7 Å². The number of nitrogen functional groups attached to an aromatic ring is 1. The number of aromatic nitrogens is 4. The third-order valence-corrected chi connectivity index (χ3v) is 3.93. The summed E-state index contributed by atoms with van der Waals surface area (Å²) in [6, 6.07) is 6.61. The SMILES string of the molecule is CC(C)(C)n1nc(CCc2cc(N)ccc2F)cc1Nc1cnccn1. The van der Waals surface area contributed by atoms with Gasteiger partial charge in [-0.15, -0.1) is 0 Å². The van der Waals surface area contributed by atoms with E-state index in [4.69, 9.17) is 10.8 Å². The quantitative estimate of drug-likeness (QED) is 0.683. The minimum Gasteiger partial charge on any atom is -0.399 e. The number of aryl methyl sites for hydroxylation is 2. The molecule has 0 aliphatic rings. The molecule has 0 radical (unpaired) electrons. The highest BCUT2D eigenvalue weighted by Crippen LogP contribution is 2.24. The summed E-state index contributed by atoms with van der Waals surface area (Å²) in [6.45, 7) is 6.22. The van der Waals surface area contributed by atoms with Crippen LogP contribution in [0.2, 0.25) is 0 Å². The van der Waals surface area contributed by atoms with Gasteiger partial charge in [0, 0.05) is 24.1 Å². The molecule has 0 bridgehead atoms. The van der Waals surface area contributed by atoms with Crippen LogP contribution in [-0.4, -0.2) is 19.7 Å². The predicted octanol–water partition coefficient (Wildman–Crippen LogP) is 3.68. The lowest BCUT2D eigenvalue weighted by Crippen LogP contribution is -2.24. The Balaban J connectivity index is 1.83. The number of hydrogen-bond donors (Lipinski definition) is 2. The maximum absolute atomic E-state index is 13.9. The van der Waals surface area contributed by atoms with Crippen molar-refractivity contribution in [3.05, 3.63) is 59.9 Å². The zero-order valence-corrected chi connectivity index (χ0v) is 15.2. The third kappa shape index (κ3) is 4.17. The molecule has 2 aromatic heterocycles. The Labute approximate surface area is 152 Å². The minimum absolute atomic E-state index is 0.217. The number of rotatable bonds is 5. The van der Waals surface area contributed by atoms with E-state index < -0.39 is 0 Å². The van der Waals surface area contributed by atoms with Crippen LogP contribution < -0.4 is 11.1 Å². The monoisotopic (exact) mass is 354 g/mol. The van der Waals surface area contributed by atoms with E-state index in [9.17, 15) is 4.39 Å². The summed E-state index contributed by atoms with van der Waals surface area (Å²) in [6.07, 6.45) is 6.05. The molecule has 0 unspecified atom stereocenters. The van der Waals surface area contributed by atoms with E-state index in [0.717, 1.165) is 11.5 Å². The van der Waals surface area contributed by atoms with Crippen LogP contribution in [0.25, 0.3) is 0 Å². The van der Waals surface area contributed by atoms with Crippen LogP contribution in [0, 0.1) is 5.82 Å². The largest absolute Gasteiger partial charge is 0.399 e. The lowest BCUT2D eigenvalue weighted by molar-refractivity contribution is 0.358. The Hall–Kier alpha value is -2.96. The zero-order valence-electron chi connectivity index (χ0n) is 15.2. The van der Waals surface area contributed by atoms with Crippen LogP contribution in [0.15, 0.2) is 42.9 Å². The molecule has 0 aliphatic heterocycles. The van der Waals surface area contributed by atoms with Crippen molar-refractivity contribution in [2.24, 2.45) is 0 Å². The van der Waals surface area contributed by atoms with Gasteiger partial charge in [0.15, 0.2) is 0 Å². The molecule has 0 amide bonds. The van der Waals surface area contributed by atoms with E-state index in [0.29, 0.717) is 29.9 Å². The number of anilines is 3. The van der Waals surface area contributed by atoms with Gasteiger partial charge in [-0.3, -0.25) is 4.98 Å². The normalized spacial score (nSPS) is 11.5. The second kappa shape index (κ2) is 7.11. The van der Waals surface area contributed by atoms with E-state index in [-0.39, 0.29) is 11.4 Å². The zero-order chi connectivity index (χ0) is 18.7. The first-order valence-corrected chi connectivity index (χ1v) is 8.49. The first-order chi connectivity index (χ1) is 12.3. The predicted molar refractivity (Wildman–Crippen MR) is 101 cm³/mol. The van der Waals surface area contributed by atoms with Crippen molar-refractivity contribution in [2.45, 2.75) is 39.2 Å². The highest BCUT2D eigenvalue weighted by atomic mass is 19.1. The molecule has 0 fully saturated rings. The molecule has 0 saturated heterocycles. The van der Waals surface area contributed by atoms with Crippen molar-refractivity contribution in [1.82, 2.24) is 19.7 Å². The first-order valence-electron chi connectivity index (χ1n) is 8.49. The van der Waals surface area contributed by atoms with Crippen LogP contribution in [0.4, 0.5) is 21.7 Å². The Kier molecular flexibility index (Phi) is 4.88. The van der Waals surface area contributed by atoms with E-state index >= 15 is 0 Å². The van der Waals surface area contributed by atoms with Gasteiger partial charge in [-0.25, -0.2) is 14.1 Å². The summed E-state index contributed by atoms with van der Waals surface area (Å²) in [4.78, 5) is 8.31. The molecule has 6 nitrogen and oxygen atoms in total. The van der Waals surface area contributed by atoms with E-state index in [1.807, 2.05) is 10.7 Å². The maximum atomic E-state index is 13.9. The van der Waals surface area contributed by atoms with Crippen LogP contribution >= 0.6 is 0 Å². The fourth-order valence-corrected chi connectivity index (χ4v) is 2.70. The molecule has 136 valence electrons. The Bertz CT molecular complexity index is 883. The summed E-state index contributed by atoms with van der Waals surface area (Å²) in [5, 5.41) is 7.95. The van der Waals surface area contributed by atoms with Gasteiger partial charge in [-0.05, 0) is 57.4 Å². The number of nitrogens with one attached hydrogen (secondary N) is 1. The standard InChI is InChI=1S/C19H23FN6/c1-19(2,3)26-18(24-17-12-22-8-9-23-17)11-15(25-26)6-4-13-10-14(21)5-7-16(13)20/h5,7-12H,4,6,21H2,1-3H3,(H,23,24). The molecule has 7 heteroatoms. The van der Waals surface area contributed by atoms with Crippen molar-refractivity contribution in [1.29, 1.82) is 0 Å². The third-order valence-electron chi connectivity index (χ3n) is 3.93. The highest BCUT2D eigenvalue weighted by molar-refractivity contribution is 5.52. The minimum atomic E-state index is -0.243. The summed E-state index contributed by atoms with van der Waals surface area (Å²) in [5.41, 5.74) is 7.57. The lowest BCUT2D eigenvalue weighted by Gasteiger charge is -2.22. The summed E-state index contributed by atoms with van der Waals surface area (Å²) in [5.74, 6) is 1.22. The molecule has 0 aliphatic carbocycles. The fourth-order valence-electron chi connectivity index (χ4n) is 2.70. The topological polar surface area (TPSA) is 81.7 Å². The van der Waals surface area contributed by atoms with Crippen molar-refractivity contribution in [3.8, 4) is 0 Å². The van der Waals surface area contributed by atoms with Crippen molar-refractivity contribution < 1.29 is 4.39 Å². The van der Waals surface area contributed by atoms with Crippen LogP contribution in [-0.2, 0) is 18.4 Å². The number of nitrogens with zero attached hydrogens (tertiary/aromatic N) is 4. The highest BCUT2D eigenvalue weighted by Gasteiger charge is 2.20. The number of benzene rings is 1. The van der Waals surface area contributed by atoms with Gasteiger partial charge in [0.25, 0.3) is 0 Å². The van der Waals surface area contributed by atoms with Crippen LogP contribution in [0.3, 0.4) is 0 Å². The number of halogens is 1. The summed E-state index contributed by atoms with van der Waals surface area (Å²) < 4.78 is 15.8. The maximum Gasteiger partial charge on any atom is 0.150 e. The van der Waals surface area contributed by atoms with Gasteiger partial charge in [0.2, 0.25) is 0 Å². The molecule has 2 heterocycles. The smallest absolute Gasteiger partial charge is 0.150 e. The van der Waals surface area contributed by atoms with E-state index in [2.05, 4.69) is 36.1 Å². The molecule has 3 N–H and O–H groups in total. The first kappa shape index (κ1) is 17.8. The molecule has 3 aromatic rings. The second-order valence-corrected chi connectivity index (χ2v) is 7.17. The Morgan fingerprint density at radius 1 is 1.15 bits per heavy atom. The molecule has 3 rings (SSSR count). The van der Waals surface area contributed by atoms with Gasteiger partial charge in [-0.2, -0.15) is 5.10 Å². The van der Waals surface area contributed by atoms with Crippen LogP contribution in [0.5, 0.6) is 0 Å². The second-order valence-electron chi connectivity index (χ2n) is 7.17. The fraction of sp³-hybridized carbons (Fsp3) is 0.316. The molecule has 0 atom stereocenters. The molecule has 26 heavy (non-hydrogen) atoms. The van der Waals surface area contributed by atoms with E-state index in [1.165, 1.54) is 6.07 Å². The average Bonchev–Trinajstić information content (AvgIpc) is 3.00. The molecule has 0 saturated carbocycles. The van der Waals surface area contributed by atoms with Gasteiger partial charge >= 0.3 is 0 Å². The van der Waals surface area contributed by atoms with Gasteiger partial charge in [0.05, 0.1) is 17.4 Å². The van der Waals surface area contributed by atoms with Gasteiger partial charge < -0.3 is 11.1 Å². The van der Waals surface area contributed by atoms with Crippen molar-refractivity contribution >= 4 is 17.3 Å². The Morgan fingerprint density at radius 3 is 2.65 bits per heavy atom. The van der Waals surface area contributed by atoms with Crippen molar-refractivity contribution in [3.63, 3.8) is 0 Å². The van der Waals surface area contributed by atoms with Gasteiger partial charge in [-0.1, -0.05) is 0 Å². The van der Waals surface area contributed by atoms with Gasteiger partial charge in [0.1, 0.15) is 17.5 Å². The lowest BCUT2D eigenvalue weighted by atomic mass is 10.1. The average molecular weight is 354 g/mol. The molecular formula is C19H23FN6. The summed E-state index contributed by atoms with van der Waals surface area (Å²) >= 11 is 0. The molecular weight excluding hydrogens is 331 g/mol. The molecule has 0 spiro atoms. The number of hydrogen-bond acceptors (Lipinski definition) is 5.